The van der Waals surface area contributed by atoms with E-state index in [-0.39, 0.29) is 6.04 Å². The summed E-state index contributed by atoms with van der Waals surface area (Å²) >= 11 is 0. The van der Waals surface area contributed by atoms with Crippen LogP contribution in [0.4, 0.5) is 0 Å². The first-order valence-corrected chi connectivity index (χ1v) is 9.40. The predicted molar refractivity (Wildman–Crippen MR) is 88.8 cm³/mol. The highest BCUT2D eigenvalue weighted by atomic mass is 32.2. The zero-order valence-corrected chi connectivity index (χ0v) is 14.3. The Bertz CT molecular complexity index is 512. The van der Waals surface area contributed by atoms with Gasteiger partial charge in [-0.2, -0.15) is 0 Å². The molecular weight excluding hydrogens is 284 g/mol. The van der Waals surface area contributed by atoms with Crippen molar-refractivity contribution in [3.05, 3.63) is 35.9 Å². The molecule has 21 heavy (non-hydrogen) atoms. The van der Waals surface area contributed by atoms with Crippen LogP contribution in [0.15, 0.2) is 30.3 Å². The van der Waals surface area contributed by atoms with E-state index >= 15 is 0 Å². The second-order valence-corrected chi connectivity index (χ2v) is 7.99. The maximum absolute atomic E-state index is 11.4. The third-order valence-electron chi connectivity index (χ3n) is 3.30. The summed E-state index contributed by atoms with van der Waals surface area (Å²) in [5, 5.41) is 3.51. The van der Waals surface area contributed by atoms with Crippen LogP contribution < -0.4 is 10.0 Å². The molecule has 0 aromatic heterocycles. The van der Waals surface area contributed by atoms with Crippen LogP contribution in [0, 0.1) is 0 Å². The van der Waals surface area contributed by atoms with Crippen molar-refractivity contribution in [3.63, 3.8) is 0 Å². The van der Waals surface area contributed by atoms with Gasteiger partial charge >= 0.3 is 0 Å². The van der Waals surface area contributed by atoms with Crippen molar-refractivity contribution in [1.82, 2.24) is 10.0 Å². The van der Waals surface area contributed by atoms with Crippen molar-refractivity contribution in [2.45, 2.75) is 51.6 Å². The number of sulfonamides is 1. The van der Waals surface area contributed by atoms with Crippen LogP contribution in [-0.4, -0.2) is 26.8 Å². The molecule has 0 saturated carbocycles. The molecule has 1 unspecified atom stereocenters. The Morgan fingerprint density at radius 3 is 2.33 bits per heavy atom. The van der Waals surface area contributed by atoms with Crippen molar-refractivity contribution < 1.29 is 8.42 Å². The average molecular weight is 312 g/mol. The normalized spacial score (nSPS) is 14.1. The minimum atomic E-state index is -3.20. The van der Waals surface area contributed by atoms with Crippen molar-refractivity contribution in [1.29, 1.82) is 0 Å². The Kier molecular flexibility index (Phi) is 6.84. The fraction of sp³-hybridized carbons (Fsp3) is 0.625. The summed E-state index contributed by atoms with van der Waals surface area (Å²) in [5.41, 5.74) is 0.744. The monoisotopic (exact) mass is 312 g/mol. The van der Waals surface area contributed by atoms with E-state index in [1.165, 1.54) is 11.8 Å². The van der Waals surface area contributed by atoms with Crippen LogP contribution in [0.1, 0.15) is 51.6 Å². The van der Waals surface area contributed by atoms with Crippen LogP contribution in [0.25, 0.3) is 0 Å². The fourth-order valence-electron chi connectivity index (χ4n) is 2.40. The average Bonchev–Trinajstić information content (AvgIpc) is 2.37. The first-order valence-electron chi connectivity index (χ1n) is 7.51. The lowest BCUT2D eigenvalue weighted by molar-refractivity contribution is 0.377. The largest absolute Gasteiger partial charge is 0.308 e. The molecule has 2 N–H and O–H groups in total. The molecule has 1 atom stereocenters. The fourth-order valence-corrected chi connectivity index (χ4v) is 3.47. The van der Waals surface area contributed by atoms with E-state index in [4.69, 9.17) is 0 Å². The Hall–Kier alpha value is -0.910. The van der Waals surface area contributed by atoms with Gasteiger partial charge in [0, 0.05) is 18.1 Å². The van der Waals surface area contributed by atoms with Crippen LogP contribution >= 0.6 is 0 Å². The van der Waals surface area contributed by atoms with E-state index in [2.05, 4.69) is 29.1 Å². The van der Waals surface area contributed by atoms with E-state index in [1.54, 1.807) is 0 Å². The maximum atomic E-state index is 11.4. The SMILES string of the molecule is CCCCC(NCC(C)(C)NS(C)(=O)=O)c1ccccc1. The molecule has 0 aliphatic heterocycles. The lowest BCUT2D eigenvalue weighted by Crippen LogP contribution is -2.50. The van der Waals surface area contributed by atoms with E-state index in [0.29, 0.717) is 6.54 Å². The lowest BCUT2D eigenvalue weighted by atomic mass is 9.99. The number of unbranched alkanes of at least 4 members (excludes halogenated alkanes) is 1. The summed E-state index contributed by atoms with van der Waals surface area (Å²) in [6.07, 6.45) is 4.54. The van der Waals surface area contributed by atoms with E-state index < -0.39 is 15.6 Å². The number of nitrogens with one attached hydrogen (secondary N) is 2. The van der Waals surface area contributed by atoms with Gasteiger partial charge in [0.1, 0.15) is 0 Å². The Labute approximate surface area is 129 Å². The lowest BCUT2D eigenvalue weighted by Gasteiger charge is -2.29. The Balaban J connectivity index is 2.69. The Morgan fingerprint density at radius 1 is 1.19 bits per heavy atom. The zero-order valence-electron chi connectivity index (χ0n) is 13.5. The van der Waals surface area contributed by atoms with E-state index in [1.807, 2.05) is 32.0 Å². The summed E-state index contributed by atoms with van der Waals surface area (Å²) in [5.74, 6) is 0. The topological polar surface area (TPSA) is 58.2 Å². The van der Waals surface area contributed by atoms with E-state index in [9.17, 15) is 8.42 Å². The number of rotatable bonds is 9. The standard InChI is InChI=1S/C16H28N2O2S/c1-5-6-12-15(14-10-8-7-9-11-14)17-13-16(2,3)18-21(4,19)20/h7-11,15,17-18H,5-6,12-13H2,1-4H3. The van der Waals surface area contributed by atoms with Crippen molar-refractivity contribution in [2.24, 2.45) is 0 Å². The molecule has 0 bridgehead atoms. The molecule has 0 amide bonds. The first kappa shape index (κ1) is 18.1. The third kappa shape index (κ3) is 7.60. The highest BCUT2D eigenvalue weighted by molar-refractivity contribution is 7.88. The maximum Gasteiger partial charge on any atom is 0.209 e. The summed E-state index contributed by atoms with van der Waals surface area (Å²) in [6, 6.07) is 10.6. The molecule has 120 valence electrons. The van der Waals surface area contributed by atoms with Gasteiger partial charge in [-0.25, -0.2) is 13.1 Å². The van der Waals surface area contributed by atoms with Gasteiger partial charge in [-0.05, 0) is 25.8 Å². The van der Waals surface area contributed by atoms with Crippen LogP contribution in [0.5, 0.6) is 0 Å². The van der Waals surface area contributed by atoms with Gasteiger partial charge in [-0.3, -0.25) is 0 Å². The summed E-state index contributed by atoms with van der Waals surface area (Å²) in [6.45, 7) is 6.55. The highest BCUT2D eigenvalue weighted by Crippen LogP contribution is 2.20. The second kappa shape index (κ2) is 7.92. The summed E-state index contributed by atoms with van der Waals surface area (Å²) in [7, 11) is -3.20. The first-order chi connectivity index (χ1) is 9.73. The van der Waals surface area contributed by atoms with Gasteiger partial charge < -0.3 is 5.32 Å². The van der Waals surface area contributed by atoms with Gasteiger partial charge in [-0.1, -0.05) is 50.1 Å². The smallest absolute Gasteiger partial charge is 0.209 e. The van der Waals surface area contributed by atoms with Gasteiger partial charge in [-0.15, -0.1) is 0 Å². The molecule has 0 radical (unpaired) electrons. The quantitative estimate of drug-likeness (QED) is 0.737. The van der Waals surface area contributed by atoms with Crippen LogP contribution in [0.3, 0.4) is 0 Å². The number of benzene rings is 1. The van der Waals surface area contributed by atoms with Crippen molar-refractivity contribution >= 4 is 10.0 Å². The molecule has 0 saturated heterocycles. The van der Waals surface area contributed by atoms with Gasteiger partial charge in [0.15, 0.2) is 0 Å². The van der Waals surface area contributed by atoms with Crippen molar-refractivity contribution in [2.75, 3.05) is 12.8 Å². The third-order valence-corrected chi connectivity index (χ3v) is 4.22. The molecule has 1 aromatic rings. The van der Waals surface area contributed by atoms with Gasteiger partial charge in [0.25, 0.3) is 0 Å². The molecule has 5 heteroatoms. The number of hydrogen-bond donors (Lipinski definition) is 2. The molecule has 4 nitrogen and oxygen atoms in total. The molecular formula is C16H28N2O2S. The van der Waals surface area contributed by atoms with Gasteiger partial charge in [0.05, 0.1) is 6.26 Å². The minimum absolute atomic E-state index is 0.256. The van der Waals surface area contributed by atoms with E-state index in [0.717, 1.165) is 19.3 Å². The molecule has 0 heterocycles. The van der Waals surface area contributed by atoms with Crippen molar-refractivity contribution in [3.8, 4) is 0 Å². The molecule has 1 rings (SSSR count). The molecule has 1 aromatic carbocycles. The summed E-state index contributed by atoms with van der Waals surface area (Å²) < 4.78 is 25.5. The predicted octanol–water partition coefficient (Wildman–Crippen LogP) is 2.84. The second-order valence-electron chi connectivity index (χ2n) is 6.24. The molecule has 0 fully saturated rings. The molecule has 0 aliphatic rings. The van der Waals surface area contributed by atoms with Crippen LogP contribution in [0.2, 0.25) is 0 Å². The van der Waals surface area contributed by atoms with Crippen LogP contribution in [-0.2, 0) is 10.0 Å². The molecule has 0 aliphatic carbocycles. The van der Waals surface area contributed by atoms with Gasteiger partial charge in [0.2, 0.25) is 10.0 Å². The Morgan fingerprint density at radius 2 is 1.81 bits per heavy atom. The number of hydrogen-bond acceptors (Lipinski definition) is 3. The summed E-state index contributed by atoms with van der Waals surface area (Å²) in [4.78, 5) is 0. The highest BCUT2D eigenvalue weighted by Gasteiger charge is 2.23. The zero-order chi connectivity index (χ0) is 15.9. The minimum Gasteiger partial charge on any atom is -0.308 e. The molecule has 0 spiro atoms.